The van der Waals surface area contributed by atoms with Gasteiger partial charge in [0.1, 0.15) is 0 Å². The second-order valence-corrected chi connectivity index (χ2v) is 4.30. The first kappa shape index (κ1) is 7.14. The number of hydrogen-bond donors (Lipinski definition) is 1. The molecule has 2 saturated carbocycles. The topological polar surface area (TPSA) is 37.3 Å². The van der Waals surface area contributed by atoms with Crippen LogP contribution in [0.15, 0.2) is 0 Å². The van der Waals surface area contributed by atoms with E-state index >= 15 is 0 Å². The van der Waals surface area contributed by atoms with Crippen LogP contribution in [-0.4, -0.2) is 11.1 Å². The number of carbonyl (C=O) groups is 1. The summed E-state index contributed by atoms with van der Waals surface area (Å²) in [6.07, 6.45) is 4.76. The van der Waals surface area contributed by atoms with E-state index in [0.717, 1.165) is 12.3 Å². The second-order valence-electron chi connectivity index (χ2n) is 4.30. The van der Waals surface area contributed by atoms with Gasteiger partial charge >= 0.3 is 5.97 Å². The lowest BCUT2D eigenvalue weighted by molar-refractivity contribution is -0.143. The van der Waals surface area contributed by atoms with Crippen molar-refractivity contribution in [1.29, 1.82) is 0 Å². The van der Waals surface area contributed by atoms with Crippen molar-refractivity contribution in [2.45, 2.75) is 32.6 Å². The molecule has 2 aliphatic rings. The predicted molar refractivity (Wildman–Crippen MR) is 41.2 cm³/mol. The fourth-order valence-electron chi connectivity index (χ4n) is 1.81. The molecule has 2 heteroatoms. The van der Waals surface area contributed by atoms with Crippen LogP contribution in [0.1, 0.15) is 32.6 Å². The summed E-state index contributed by atoms with van der Waals surface area (Å²) < 4.78 is 0. The SMILES string of the molecule is CC1(C(=O)O)CC1CC1CC1. The maximum absolute atomic E-state index is 10.7. The molecular weight excluding hydrogens is 140 g/mol. The van der Waals surface area contributed by atoms with Gasteiger partial charge in [0.05, 0.1) is 5.41 Å². The van der Waals surface area contributed by atoms with E-state index in [9.17, 15) is 4.79 Å². The minimum absolute atomic E-state index is 0.345. The summed E-state index contributed by atoms with van der Waals surface area (Å²) in [5.74, 6) is 0.775. The van der Waals surface area contributed by atoms with E-state index < -0.39 is 5.97 Å². The van der Waals surface area contributed by atoms with Gasteiger partial charge in [-0.3, -0.25) is 4.79 Å². The van der Waals surface area contributed by atoms with Gasteiger partial charge in [-0.15, -0.1) is 0 Å². The average molecular weight is 154 g/mol. The van der Waals surface area contributed by atoms with Crippen molar-refractivity contribution in [3.05, 3.63) is 0 Å². The fraction of sp³-hybridized carbons (Fsp3) is 0.889. The molecule has 2 atom stereocenters. The zero-order valence-corrected chi connectivity index (χ0v) is 6.84. The van der Waals surface area contributed by atoms with Gasteiger partial charge in [0, 0.05) is 0 Å². The van der Waals surface area contributed by atoms with E-state index in [2.05, 4.69) is 0 Å². The Balaban J connectivity index is 1.86. The van der Waals surface area contributed by atoms with Gasteiger partial charge in [-0.25, -0.2) is 0 Å². The number of carboxylic acids is 1. The van der Waals surface area contributed by atoms with Gasteiger partial charge in [0.2, 0.25) is 0 Å². The summed E-state index contributed by atoms with van der Waals surface area (Å²) >= 11 is 0. The highest BCUT2D eigenvalue weighted by Crippen LogP contribution is 2.57. The first-order valence-corrected chi connectivity index (χ1v) is 4.36. The van der Waals surface area contributed by atoms with Crippen molar-refractivity contribution in [3.63, 3.8) is 0 Å². The molecule has 2 fully saturated rings. The van der Waals surface area contributed by atoms with E-state index in [1.54, 1.807) is 0 Å². The van der Waals surface area contributed by atoms with Crippen LogP contribution in [0.4, 0.5) is 0 Å². The Morgan fingerprint density at radius 2 is 2.27 bits per heavy atom. The molecule has 2 nitrogen and oxygen atoms in total. The number of rotatable bonds is 3. The number of aliphatic carboxylic acids is 1. The minimum Gasteiger partial charge on any atom is -0.481 e. The normalized spacial score (nSPS) is 42.1. The lowest BCUT2D eigenvalue weighted by Crippen LogP contribution is -2.13. The molecule has 0 aliphatic heterocycles. The molecule has 0 amide bonds. The Morgan fingerprint density at radius 3 is 2.64 bits per heavy atom. The molecule has 11 heavy (non-hydrogen) atoms. The Kier molecular flexibility index (Phi) is 1.29. The van der Waals surface area contributed by atoms with Gasteiger partial charge in [0.15, 0.2) is 0 Å². The lowest BCUT2D eigenvalue weighted by atomic mass is 10.0. The third kappa shape index (κ3) is 1.15. The molecule has 1 N–H and O–H groups in total. The van der Waals surface area contributed by atoms with Crippen molar-refractivity contribution in [3.8, 4) is 0 Å². The minimum atomic E-state index is -0.594. The molecule has 62 valence electrons. The summed E-state index contributed by atoms with van der Waals surface area (Å²) in [5, 5.41) is 8.82. The average Bonchev–Trinajstić information content (AvgIpc) is 2.76. The summed E-state index contributed by atoms with van der Waals surface area (Å²) in [6, 6.07) is 0. The lowest BCUT2D eigenvalue weighted by Gasteiger charge is -2.02. The molecule has 0 saturated heterocycles. The summed E-state index contributed by atoms with van der Waals surface area (Å²) in [4.78, 5) is 10.7. The van der Waals surface area contributed by atoms with Gasteiger partial charge < -0.3 is 5.11 Å². The molecule has 0 aromatic carbocycles. The van der Waals surface area contributed by atoms with Crippen LogP contribution in [0.2, 0.25) is 0 Å². The van der Waals surface area contributed by atoms with Crippen molar-refractivity contribution >= 4 is 5.97 Å². The van der Waals surface area contributed by atoms with Gasteiger partial charge in [-0.2, -0.15) is 0 Å². The highest BCUT2D eigenvalue weighted by Gasteiger charge is 2.57. The van der Waals surface area contributed by atoms with Crippen LogP contribution in [0.3, 0.4) is 0 Å². The quantitative estimate of drug-likeness (QED) is 0.674. The third-order valence-corrected chi connectivity index (χ3v) is 3.21. The Hall–Kier alpha value is -0.530. The molecule has 2 unspecified atom stereocenters. The molecule has 0 radical (unpaired) electrons. The molecule has 0 spiro atoms. The van der Waals surface area contributed by atoms with Gasteiger partial charge in [-0.1, -0.05) is 12.8 Å². The first-order chi connectivity index (χ1) is 5.13. The third-order valence-electron chi connectivity index (χ3n) is 3.21. The largest absolute Gasteiger partial charge is 0.481 e. The molecule has 0 heterocycles. The highest BCUT2D eigenvalue weighted by atomic mass is 16.4. The van der Waals surface area contributed by atoms with Crippen LogP contribution >= 0.6 is 0 Å². The van der Waals surface area contributed by atoms with E-state index in [0.29, 0.717) is 5.92 Å². The molecule has 2 rings (SSSR count). The van der Waals surface area contributed by atoms with Crippen LogP contribution < -0.4 is 0 Å². The number of hydrogen-bond acceptors (Lipinski definition) is 1. The zero-order valence-electron chi connectivity index (χ0n) is 6.84. The van der Waals surface area contributed by atoms with E-state index in [4.69, 9.17) is 5.11 Å². The Labute approximate surface area is 66.6 Å². The second kappa shape index (κ2) is 1.99. The van der Waals surface area contributed by atoms with Crippen molar-refractivity contribution in [1.82, 2.24) is 0 Å². The van der Waals surface area contributed by atoms with Crippen LogP contribution in [-0.2, 0) is 4.79 Å². The first-order valence-electron chi connectivity index (χ1n) is 4.36. The van der Waals surface area contributed by atoms with E-state index in [1.807, 2.05) is 6.92 Å². The standard InChI is InChI=1S/C9H14O2/c1-9(8(10)11)5-7(9)4-6-2-3-6/h6-7H,2-5H2,1H3,(H,10,11). The summed E-state index contributed by atoms with van der Waals surface area (Å²) in [5.41, 5.74) is -0.345. The number of carboxylic acid groups (broad SMARTS) is 1. The van der Waals surface area contributed by atoms with Crippen LogP contribution in [0.5, 0.6) is 0 Å². The predicted octanol–water partition coefficient (Wildman–Crippen LogP) is 1.90. The Morgan fingerprint density at radius 1 is 1.64 bits per heavy atom. The van der Waals surface area contributed by atoms with Gasteiger partial charge in [0.25, 0.3) is 0 Å². The van der Waals surface area contributed by atoms with E-state index in [1.165, 1.54) is 19.3 Å². The molecular formula is C9H14O2. The van der Waals surface area contributed by atoms with Crippen molar-refractivity contribution in [2.75, 3.05) is 0 Å². The maximum atomic E-state index is 10.7. The zero-order chi connectivity index (χ0) is 8.06. The molecule has 0 bridgehead atoms. The fourth-order valence-corrected chi connectivity index (χ4v) is 1.81. The van der Waals surface area contributed by atoms with Crippen LogP contribution in [0, 0.1) is 17.3 Å². The maximum Gasteiger partial charge on any atom is 0.309 e. The monoisotopic (exact) mass is 154 g/mol. The highest BCUT2D eigenvalue weighted by molar-refractivity contribution is 5.78. The summed E-state index contributed by atoms with van der Waals surface area (Å²) in [7, 11) is 0. The van der Waals surface area contributed by atoms with Crippen LogP contribution in [0.25, 0.3) is 0 Å². The van der Waals surface area contributed by atoms with Crippen molar-refractivity contribution < 1.29 is 9.90 Å². The van der Waals surface area contributed by atoms with Gasteiger partial charge in [-0.05, 0) is 31.6 Å². The Bertz CT molecular complexity index is 196. The molecule has 0 aromatic rings. The molecule has 2 aliphatic carbocycles. The van der Waals surface area contributed by atoms with Crippen molar-refractivity contribution in [2.24, 2.45) is 17.3 Å². The summed E-state index contributed by atoms with van der Waals surface area (Å²) in [6.45, 7) is 1.88. The molecule has 0 aromatic heterocycles. The smallest absolute Gasteiger partial charge is 0.309 e. The van der Waals surface area contributed by atoms with E-state index in [-0.39, 0.29) is 5.41 Å².